The highest BCUT2D eigenvalue weighted by Crippen LogP contribution is 2.44. The molecule has 0 N–H and O–H groups in total. The van der Waals surface area contributed by atoms with Gasteiger partial charge in [0.2, 0.25) is 0 Å². The highest BCUT2D eigenvalue weighted by molar-refractivity contribution is 6.22. The Labute approximate surface area is 241 Å². The summed E-state index contributed by atoms with van der Waals surface area (Å²) in [5.74, 6) is 0.965. The molecule has 0 fully saturated rings. The van der Waals surface area contributed by atoms with E-state index in [1.807, 2.05) is 42.5 Å². The lowest BCUT2D eigenvalue weighted by atomic mass is 9.96. The Morgan fingerprint density at radius 2 is 1.07 bits per heavy atom. The molecule has 0 aliphatic rings. The van der Waals surface area contributed by atoms with E-state index in [1.54, 1.807) is 0 Å². The van der Waals surface area contributed by atoms with Crippen molar-refractivity contribution in [3.63, 3.8) is 0 Å². The average molecular weight is 541 g/mol. The summed E-state index contributed by atoms with van der Waals surface area (Å²) in [6.07, 6.45) is 0. The van der Waals surface area contributed by atoms with Gasteiger partial charge in [0, 0.05) is 34.2 Å². The maximum Gasteiger partial charge on any atom is 0.147 e. The van der Waals surface area contributed by atoms with Gasteiger partial charge >= 0.3 is 0 Å². The van der Waals surface area contributed by atoms with Crippen molar-refractivity contribution >= 4 is 54.9 Å². The molecule has 0 atom stereocenters. The van der Waals surface area contributed by atoms with Gasteiger partial charge in [-0.05, 0) is 47.0 Å². The van der Waals surface area contributed by atoms with E-state index in [9.17, 15) is 0 Å². The van der Waals surface area contributed by atoms with Crippen LogP contribution >= 0.6 is 0 Å². The summed E-state index contributed by atoms with van der Waals surface area (Å²) in [5, 5.41) is 4.41. The lowest BCUT2D eigenvalue weighted by Crippen LogP contribution is -1.91. The van der Waals surface area contributed by atoms with Gasteiger partial charge in [-0.25, -0.2) is 4.98 Å². The highest BCUT2D eigenvalue weighted by atomic mass is 16.3. The third-order valence-corrected chi connectivity index (χ3v) is 8.43. The molecule has 198 valence electrons. The maximum absolute atomic E-state index is 6.48. The fraction of sp³-hybridized carbons (Fsp3) is 0.0263. The number of hydrogen-bond donors (Lipinski definition) is 0. The Morgan fingerprint density at radius 3 is 1.74 bits per heavy atom. The van der Waals surface area contributed by atoms with Crippen molar-refractivity contribution < 1.29 is 8.83 Å². The fourth-order valence-electron chi connectivity index (χ4n) is 6.35. The highest BCUT2D eigenvalue weighted by Gasteiger charge is 2.21. The average Bonchev–Trinajstić information content (AvgIpc) is 3.71. The van der Waals surface area contributed by atoms with E-state index < -0.39 is 0 Å². The van der Waals surface area contributed by atoms with Gasteiger partial charge in [0.1, 0.15) is 28.2 Å². The zero-order valence-corrected chi connectivity index (χ0v) is 22.8. The minimum Gasteiger partial charge on any atom is -0.455 e. The van der Waals surface area contributed by atoms with Crippen LogP contribution in [0.15, 0.2) is 136 Å². The lowest BCUT2D eigenvalue weighted by molar-refractivity contribution is 0.658. The Kier molecular flexibility index (Phi) is 4.79. The first-order valence-corrected chi connectivity index (χ1v) is 14.1. The molecule has 9 rings (SSSR count). The van der Waals surface area contributed by atoms with E-state index in [-0.39, 0.29) is 0 Å². The van der Waals surface area contributed by atoms with Crippen LogP contribution in [0.1, 0.15) is 0 Å². The Hall–Kier alpha value is -5.61. The van der Waals surface area contributed by atoms with Crippen molar-refractivity contribution in [2.45, 2.75) is 0 Å². The van der Waals surface area contributed by atoms with Gasteiger partial charge in [0.25, 0.3) is 0 Å². The van der Waals surface area contributed by atoms with Crippen molar-refractivity contribution in [3.8, 4) is 33.6 Å². The number of nitrogens with zero attached hydrogens (tertiary/aromatic N) is 2. The normalized spacial score (nSPS) is 11.9. The second kappa shape index (κ2) is 8.69. The zero-order chi connectivity index (χ0) is 27.8. The molecule has 0 spiro atoms. The van der Waals surface area contributed by atoms with Crippen LogP contribution in [0.25, 0.3) is 88.6 Å². The number of hydrogen-bond acceptors (Lipinski definition) is 3. The molecule has 0 unspecified atom stereocenters. The molecule has 0 saturated carbocycles. The summed E-state index contributed by atoms with van der Waals surface area (Å²) >= 11 is 0. The van der Waals surface area contributed by atoms with Gasteiger partial charge in [-0.3, -0.25) is 0 Å². The second-order valence-corrected chi connectivity index (χ2v) is 10.8. The Balaban J connectivity index is 1.21. The molecule has 9 aromatic rings. The van der Waals surface area contributed by atoms with E-state index >= 15 is 0 Å². The molecule has 0 aliphatic carbocycles. The van der Waals surface area contributed by atoms with Gasteiger partial charge in [0.05, 0.1) is 16.6 Å². The Morgan fingerprint density at radius 1 is 0.500 bits per heavy atom. The number of benzene rings is 6. The number of rotatable bonds is 3. The largest absolute Gasteiger partial charge is 0.455 e. The first-order valence-electron chi connectivity index (χ1n) is 14.1. The molecule has 4 heteroatoms. The van der Waals surface area contributed by atoms with Crippen LogP contribution in [0.5, 0.6) is 0 Å². The Bertz CT molecular complexity index is 2370. The third kappa shape index (κ3) is 3.32. The summed E-state index contributed by atoms with van der Waals surface area (Å²) in [5.41, 5.74) is 10.9. The van der Waals surface area contributed by atoms with Crippen molar-refractivity contribution in [1.82, 2.24) is 9.55 Å². The summed E-state index contributed by atoms with van der Waals surface area (Å²) in [6.45, 7) is 0. The number of para-hydroxylation sites is 2. The molecule has 0 radical (unpaired) electrons. The molecule has 0 amide bonds. The summed E-state index contributed by atoms with van der Waals surface area (Å²) in [6, 6.07) is 44.2. The summed E-state index contributed by atoms with van der Waals surface area (Å²) in [7, 11) is 2.07. The van der Waals surface area contributed by atoms with E-state index in [1.165, 1.54) is 0 Å². The minimum atomic E-state index is 0.846. The van der Waals surface area contributed by atoms with E-state index in [0.29, 0.717) is 0 Å². The molecule has 0 saturated heterocycles. The molecule has 0 aliphatic heterocycles. The number of fused-ring (bicyclic) bond motifs is 7. The number of aromatic nitrogens is 2. The quantitative estimate of drug-likeness (QED) is 0.224. The molecule has 3 aromatic heterocycles. The molecular formula is C38H24N2O2. The zero-order valence-electron chi connectivity index (χ0n) is 22.8. The van der Waals surface area contributed by atoms with Crippen LogP contribution < -0.4 is 0 Å². The maximum atomic E-state index is 6.48. The van der Waals surface area contributed by atoms with Crippen LogP contribution in [0.4, 0.5) is 0 Å². The van der Waals surface area contributed by atoms with Crippen LogP contribution in [-0.4, -0.2) is 9.55 Å². The number of imidazole rings is 1. The predicted octanol–water partition coefficient (Wildman–Crippen LogP) is 10.4. The van der Waals surface area contributed by atoms with Gasteiger partial charge < -0.3 is 13.4 Å². The smallest absolute Gasteiger partial charge is 0.147 e. The van der Waals surface area contributed by atoms with E-state index in [0.717, 1.165) is 88.6 Å². The van der Waals surface area contributed by atoms with Gasteiger partial charge in [-0.2, -0.15) is 0 Å². The first kappa shape index (κ1) is 23.1. The molecule has 0 bridgehead atoms. The van der Waals surface area contributed by atoms with Crippen molar-refractivity contribution in [2.75, 3.05) is 0 Å². The lowest BCUT2D eigenvalue weighted by Gasteiger charge is -2.07. The van der Waals surface area contributed by atoms with Crippen molar-refractivity contribution in [3.05, 3.63) is 127 Å². The molecule has 6 aromatic carbocycles. The monoisotopic (exact) mass is 540 g/mol. The SMILES string of the molecule is Cn1c(-c2ccccc2)nc2cc(-c3ccc(-c4c5oc6ccccc6c5cc5c4oc4ccccc45)cc3)ccc21. The van der Waals surface area contributed by atoms with Crippen LogP contribution in [0.2, 0.25) is 0 Å². The minimum absolute atomic E-state index is 0.846. The van der Waals surface area contributed by atoms with Gasteiger partial charge in [0.15, 0.2) is 0 Å². The molecule has 42 heavy (non-hydrogen) atoms. The first-order chi connectivity index (χ1) is 20.7. The fourth-order valence-corrected chi connectivity index (χ4v) is 6.35. The van der Waals surface area contributed by atoms with E-state index in [4.69, 9.17) is 13.8 Å². The van der Waals surface area contributed by atoms with E-state index in [2.05, 4.69) is 96.5 Å². The second-order valence-electron chi connectivity index (χ2n) is 10.8. The third-order valence-electron chi connectivity index (χ3n) is 8.43. The van der Waals surface area contributed by atoms with Gasteiger partial charge in [-0.1, -0.05) is 97.1 Å². The number of aryl methyl sites for hydroxylation is 1. The van der Waals surface area contributed by atoms with Crippen molar-refractivity contribution in [2.24, 2.45) is 7.05 Å². The molecular weight excluding hydrogens is 516 g/mol. The summed E-state index contributed by atoms with van der Waals surface area (Å²) in [4.78, 5) is 4.98. The molecule has 3 heterocycles. The van der Waals surface area contributed by atoms with Crippen LogP contribution in [0, 0.1) is 0 Å². The van der Waals surface area contributed by atoms with Crippen molar-refractivity contribution in [1.29, 1.82) is 0 Å². The summed E-state index contributed by atoms with van der Waals surface area (Å²) < 4.78 is 15.1. The topological polar surface area (TPSA) is 44.1 Å². The number of furan rings is 2. The van der Waals surface area contributed by atoms with Crippen LogP contribution in [0.3, 0.4) is 0 Å². The predicted molar refractivity (Wildman–Crippen MR) is 172 cm³/mol. The molecule has 4 nitrogen and oxygen atoms in total. The van der Waals surface area contributed by atoms with Gasteiger partial charge in [-0.15, -0.1) is 0 Å². The standard InChI is InChI=1S/C38H24N2O2/c1-40-32-20-19-26(21-31(32)39-38(40)25-9-3-2-4-10-25)23-15-17-24(18-16-23)35-36-29(27-11-5-7-13-33(27)41-36)22-30-28-12-6-8-14-34(28)42-37(30)35/h2-22H,1H3. The van der Waals surface area contributed by atoms with Crippen LogP contribution in [-0.2, 0) is 7.05 Å².